The van der Waals surface area contributed by atoms with E-state index in [0.717, 1.165) is 31.6 Å². The molecule has 1 unspecified atom stereocenters. The van der Waals surface area contributed by atoms with Gasteiger partial charge in [0.25, 0.3) is 0 Å². The maximum Gasteiger partial charge on any atom is 0.123 e. The Bertz CT molecular complexity index is 601. The van der Waals surface area contributed by atoms with Gasteiger partial charge >= 0.3 is 0 Å². The fraction of sp³-hybridized carbons (Fsp3) is 0.333. The number of methoxy groups -OCH3 is 1. The van der Waals surface area contributed by atoms with Crippen LogP contribution in [0.15, 0.2) is 54.6 Å². The molecule has 0 saturated carbocycles. The largest absolute Gasteiger partial charge is 0.372 e. The molecule has 1 atom stereocenters. The van der Waals surface area contributed by atoms with Gasteiger partial charge < -0.3 is 4.74 Å². The summed E-state index contributed by atoms with van der Waals surface area (Å²) in [4.78, 5) is 2.36. The van der Waals surface area contributed by atoms with E-state index in [0.29, 0.717) is 0 Å². The molecule has 21 heavy (non-hydrogen) atoms. The fourth-order valence-electron chi connectivity index (χ4n) is 3.13. The predicted molar refractivity (Wildman–Crippen MR) is 81.4 cm³/mol. The molecule has 1 heterocycles. The van der Waals surface area contributed by atoms with E-state index in [9.17, 15) is 4.39 Å². The molecule has 3 rings (SSSR count). The Kier molecular flexibility index (Phi) is 4.04. The highest BCUT2D eigenvalue weighted by Gasteiger charge is 2.39. The topological polar surface area (TPSA) is 12.5 Å². The highest BCUT2D eigenvalue weighted by Crippen LogP contribution is 2.36. The van der Waals surface area contributed by atoms with Crippen LogP contribution in [0.3, 0.4) is 0 Å². The number of ether oxygens (including phenoxy) is 1. The van der Waals surface area contributed by atoms with Crippen molar-refractivity contribution in [1.82, 2.24) is 4.90 Å². The van der Waals surface area contributed by atoms with Crippen molar-refractivity contribution in [3.8, 4) is 0 Å². The van der Waals surface area contributed by atoms with E-state index < -0.39 is 5.60 Å². The van der Waals surface area contributed by atoms with E-state index in [-0.39, 0.29) is 5.82 Å². The Balaban J connectivity index is 1.77. The summed E-state index contributed by atoms with van der Waals surface area (Å²) in [6.45, 7) is 2.66. The number of hydrogen-bond donors (Lipinski definition) is 0. The summed E-state index contributed by atoms with van der Waals surface area (Å²) in [5.41, 5.74) is 1.83. The van der Waals surface area contributed by atoms with Crippen LogP contribution in [0.5, 0.6) is 0 Å². The van der Waals surface area contributed by atoms with Gasteiger partial charge in [-0.2, -0.15) is 0 Å². The second-order valence-electron chi connectivity index (χ2n) is 5.66. The summed E-state index contributed by atoms with van der Waals surface area (Å²) in [6, 6.07) is 17.2. The lowest BCUT2D eigenvalue weighted by atomic mass is 9.92. The number of nitrogens with zero attached hydrogens (tertiary/aromatic N) is 1. The zero-order valence-electron chi connectivity index (χ0n) is 12.3. The quantitative estimate of drug-likeness (QED) is 0.851. The van der Waals surface area contributed by atoms with Gasteiger partial charge in [0, 0.05) is 26.7 Å². The number of likely N-dealkylation sites (tertiary alicyclic amines) is 1. The Labute approximate surface area is 125 Å². The van der Waals surface area contributed by atoms with Crippen molar-refractivity contribution in [2.45, 2.75) is 18.6 Å². The summed E-state index contributed by atoms with van der Waals surface area (Å²) in [5.74, 6) is -0.203. The molecule has 2 aromatic carbocycles. The fourth-order valence-corrected chi connectivity index (χ4v) is 3.13. The van der Waals surface area contributed by atoms with Crippen molar-refractivity contribution < 1.29 is 9.13 Å². The van der Waals surface area contributed by atoms with Crippen LogP contribution in [0.25, 0.3) is 0 Å². The first-order valence-corrected chi connectivity index (χ1v) is 7.29. The molecule has 0 bridgehead atoms. The van der Waals surface area contributed by atoms with Gasteiger partial charge in [-0.25, -0.2) is 4.39 Å². The molecule has 0 spiro atoms. The van der Waals surface area contributed by atoms with E-state index in [2.05, 4.69) is 29.2 Å². The van der Waals surface area contributed by atoms with Gasteiger partial charge in [0.1, 0.15) is 11.4 Å². The third kappa shape index (κ3) is 2.99. The first-order chi connectivity index (χ1) is 10.2. The van der Waals surface area contributed by atoms with Crippen molar-refractivity contribution in [3.63, 3.8) is 0 Å². The van der Waals surface area contributed by atoms with Crippen molar-refractivity contribution in [2.24, 2.45) is 0 Å². The molecular weight excluding hydrogens is 265 g/mol. The standard InChI is InChI=1S/C18H20FNO/c1-21-18(16-8-5-9-17(19)12-16)10-11-20(14-18)13-15-6-3-2-4-7-15/h2-9,12H,10-11,13-14H2,1H3. The minimum atomic E-state index is -0.392. The molecule has 0 amide bonds. The van der Waals surface area contributed by atoms with Crippen LogP contribution in [0.4, 0.5) is 4.39 Å². The maximum atomic E-state index is 13.5. The van der Waals surface area contributed by atoms with Crippen LogP contribution in [0, 0.1) is 5.82 Å². The molecule has 2 nitrogen and oxygen atoms in total. The van der Waals surface area contributed by atoms with Crippen LogP contribution >= 0.6 is 0 Å². The summed E-state index contributed by atoms with van der Waals surface area (Å²) >= 11 is 0. The third-order valence-electron chi connectivity index (χ3n) is 4.30. The summed E-state index contributed by atoms with van der Waals surface area (Å²) in [6.07, 6.45) is 0.889. The van der Waals surface area contributed by atoms with Crippen LogP contribution in [-0.2, 0) is 16.9 Å². The zero-order chi connectivity index (χ0) is 14.7. The molecular formula is C18H20FNO. The Morgan fingerprint density at radius 2 is 1.95 bits per heavy atom. The van der Waals surface area contributed by atoms with Gasteiger partial charge in [-0.3, -0.25) is 4.90 Å². The Hall–Kier alpha value is -1.71. The normalized spacial score (nSPS) is 22.6. The van der Waals surface area contributed by atoms with Crippen molar-refractivity contribution >= 4 is 0 Å². The Morgan fingerprint density at radius 1 is 1.14 bits per heavy atom. The lowest BCUT2D eigenvalue weighted by molar-refractivity contribution is -0.00661. The van der Waals surface area contributed by atoms with E-state index in [1.165, 1.54) is 11.6 Å². The van der Waals surface area contributed by atoms with Gasteiger partial charge in [-0.05, 0) is 29.7 Å². The highest BCUT2D eigenvalue weighted by molar-refractivity contribution is 5.26. The van der Waals surface area contributed by atoms with Crippen LogP contribution in [0.1, 0.15) is 17.5 Å². The van der Waals surface area contributed by atoms with Gasteiger partial charge in [0.05, 0.1) is 0 Å². The van der Waals surface area contributed by atoms with E-state index in [1.54, 1.807) is 19.2 Å². The SMILES string of the molecule is COC1(c2cccc(F)c2)CCN(Cc2ccccc2)C1. The molecule has 1 aliphatic rings. The first kappa shape index (κ1) is 14.2. The van der Waals surface area contributed by atoms with E-state index >= 15 is 0 Å². The highest BCUT2D eigenvalue weighted by atomic mass is 19.1. The zero-order valence-corrected chi connectivity index (χ0v) is 12.3. The molecule has 2 aromatic rings. The second kappa shape index (κ2) is 5.96. The number of hydrogen-bond acceptors (Lipinski definition) is 2. The van der Waals surface area contributed by atoms with Crippen LogP contribution < -0.4 is 0 Å². The maximum absolute atomic E-state index is 13.5. The predicted octanol–water partition coefficient (Wildman–Crippen LogP) is 3.57. The average Bonchev–Trinajstić information content (AvgIpc) is 2.93. The number of halogens is 1. The molecule has 3 heteroatoms. The van der Waals surface area contributed by atoms with Crippen molar-refractivity contribution in [2.75, 3.05) is 20.2 Å². The second-order valence-corrected chi connectivity index (χ2v) is 5.66. The molecule has 0 N–H and O–H groups in total. The average molecular weight is 285 g/mol. The number of rotatable bonds is 4. The van der Waals surface area contributed by atoms with E-state index in [1.807, 2.05) is 12.1 Å². The molecule has 0 aromatic heterocycles. The smallest absolute Gasteiger partial charge is 0.123 e. The first-order valence-electron chi connectivity index (χ1n) is 7.29. The monoisotopic (exact) mass is 285 g/mol. The van der Waals surface area contributed by atoms with Crippen LogP contribution in [0.2, 0.25) is 0 Å². The molecule has 110 valence electrons. The molecule has 0 aliphatic carbocycles. The van der Waals surface area contributed by atoms with Crippen molar-refractivity contribution in [3.05, 3.63) is 71.5 Å². The summed E-state index contributed by atoms with van der Waals surface area (Å²) in [7, 11) is 1.72. The van der Waals surface area contributed by atoms with Gasteiger partial charge in [-0.15, -0.1) is 0 Å². The lowest BCUT2D eigenvalue weighted by Crippen LogP contribution is -2.32. The summed E-state index contributed by atoms with van der Waals surface area (Å²) < 4.78 is 19.3. The summed E-state index contributed by atoms with van der Waals surface area (Å²) in [5, 5.41) is 0. The molecule has 0 radical (unpaired) electrons. The minimum Gasteiger partial charge on any atom is -0.372 e. The third-order valence-corrected chi connectivity index (χ3v) is 4.30. The number of benzene rings is 2. The molecule has 1 fully saturated rings. The molecule has 1 saturated heterocycles. The lowest BCUT2D eigenvalue weighted by Gasteiger charge is -2.28. The van der Waals surface area contributed by atoms with Crippen molar-refractivity contribution in [1.29, 1.82) is 0 Å². The van der Waals surface area contributed by atoms with Gasteiger partial charge in [0.2, 0.25) is 0 Å². The minimum absolute atomic E-state index is 0.203. The van der Waals surface area contributed by atoms with Crippen LogP contribution in [-0.4, -0.2) is 25.1 Å². The molecule has 1 aliphatic heterocycles. The Morgan fingerprint density at radius 3 is 2.67 bits per heavy atom. The van der Waals surface area contributed by atoms with E-state index in [4.69, 9.17) is 4.74 Å². The van der Waals surface area contributed by atoms with Gasteiger partial charge in [0.15, 0.2) is 0 Å². The van der Waals surface area contributed by atoms with Gasteiger partial charge in [-0.1, -0.05) is 42.5 Å².